The molecular weight excluding hydrogens is 266 g/mol. The third-order valence-electron chi connectivity index (χ3n) is 3.25. The molecule has 0 aliphatic carbocycles. The van der Waals surface area contributed by atoms with Crippen LogP contribution < -0.4 is 11.1 Å². The van der Waals surface area contributed by atoms with Gasteiger partial charge in [-0.15, -0.1) is 0 Å². The summed E-state index contributed by atoms with van der Waals surface area (Å²) in [4.78, 5) is 16.5. The number of nitrogens with zero attached hydrogens (tertiary/aromatic N) is 3. The van der Waals surface area contributed by atoms with Crippen LogP contribution in [0.25, 0.3) is 10.8 Å². The van der Waals surface area contributed by atoms with E-state index in [0.29, 0.717) is 11.6 Å². The molecule has 0 bridgehead atoms. The second kappa shape index (κ2) is 4.90. The number of hydrogen-bond acceptors (Lipinski definition) is 4. The van der Waals surface area contributed by atoms with Gasteiger partial charge in [-0.05, 0) is 18.4 Å². The number of amides is 1. The third-order valence-corrected chi connectivity index (χ3v) is 3.25. The maximum atomic E-state index is 12.3. The maximum Gasteiger partial charge on any atom is 0.275 e. The Balaban J connectivity index is 1.96. The lowest BCUT2D eigenvalue weighted by Crippen LogP contribution is -2.16. The van der Waals surface area contributed by atoms with Gasteiger partial charge in [0.15, 0.2) is 0 Å². The van der Waals surface area contributed by atoms with Gasteiger partial charge in [-0.1, -0.05) is 24.3 Å². The summed E-state index contributed by atoms with van der Waals surface area (Å²) in [5.74, 6) is 0.654. The zero-order valence-electron chi connectivity index (χ0n) is 11.8. The molecule has 106 valence electrons. The average Bonchev–Trinajstić information content (AvgIpc) is 2.77. The quantitative estimate of drug-likeness (QED) is 0.753. The average molecular weight is 281 g/mol. The molecule has 6 heteroatoms. The van der Waals surface area contributed by atoms with E-state index in [1.54, 1.807) is 23.9 Å². The first kappa shape index (κ1) is 13.1. The molecule has 1 amide bonds. The van der Waals surface area contributed by atoms with Crippen LogP contribution in [0.1, 0.15) is 16.2 Å². The number of nitrogens with two attached hydrogens (primary N) is 1. The van der Waals surface area contributed by atoms with Crippen LogP contribution in [-0.4, -0.2) is 20.7 Å². The zero-order chi connectivity index (χ0) is 15.0. The van der Waals surface area contributed by atoms with Gasteiger partial charge in [0.05, 0.1) is 5.69 Å². The molecule has 2 heterocycles. The van der Waals surface area contributed by atoms with Gasteiger partial charge in [0, 0.05) is 18.5 Å². The van der Waals surface area contributed by atoms with Gasteiger partial charge in [-0.25, -0.2) is 4.98 Å². The molecule has 0 atom stereocenters. The zero-order valence-corrected chi connectivity index (χ0v) is 11.8. The Labute approximate surface area is 121 Å². The first-order chi connectivity index (χ1) is 10.0. The molecule has 2 aromatic heterocycles. The highest BCUT2D eigenvalue weighted by Gasteiger charge is 2.13. The minimum absolute atomic E-state index is 0.282. The molecule has 0 unspecified atom stereocenters. The number of nitrogen functional groups attached to an aromatic ring is 1. The number of anilines is 2. The van der Waals surface area contributed by atoms with Crippen molar-refractivity contribution in [3.8, 4) is 0 Å². The van der Waals surface area contributed by atoms with Crippen molar-refractivity contribution >= 4 is 28.3 Å². The van der Waals surface area contributed by atoms with Crippen molar-refractivity contribution in [3.63, 3.8) is 0 Å². The SMILES string of the molecule is Cc1cc(NC(=O)c2cc3ccccc3c(N)n2)n(C)n1. The first-order valence-electron chi connectivity index (χ1n) is 6.52. The first-order valence-corrected chi connectivity index (χ1v) is 6.52. The third kappa shape index (κ3) is 2.43. The molecule has 3 N–H and O–H groups in total. The Morgan fingerprint density at radius 2 is 2.05 bits per heavy atom. The predicted molar refractivity (Wildman–Crippen MR) is 82.1 cm³/mol. The Morgan fingerprint density at radius 3 is 2.76 bits per heavy atom. The lowest BCUT2D eigenvalue weighted by atomic mass is 10.1. The number of aromatic nitrogens is 3. The van der Waals surface area contributed by atoms with Crippen molar-refractivity contribution in [2.24, 2.45) is 7.05 Å². The standard InChI is InChI=1S/C15H15N5O/c1-9-7-13(20(2)19-9)18-15(21)12-8-10-5-3-4-6-11(10)14(16)17-12/h3-8H,1-2H3,(H2,16,17)(H,18,21). The van der Waals surface area contributed by atoms with Crippen LogP contribution in [0.5, 0.6) is 0 Å². The minimum atomic E-state index is -0.310. The van der Waals surface area contributed by atoms with Crippen molar-refractivity contribution < 1.29 is 4.79 Å². The second-order valence-corrected chi connectivity index (χ2v) is 4.86. The summed E-state index contributed by atoms with van der Waals surface area (Å²) in [5.41, 5.74) is 7.03. The van der Waals surface area contributed by atoms with Crippen molar-refractivity contribution in [1.82, 2.24) is 14.8 Å². The normalized spacial score (nSPS) is 10.8. The van der Waals surface area contributed by atoms with Crippen LogP contribution in [0.3, 0.4) is 0 Å². The molecule has 0 aliphatic rings. The van der Waals surface area contributed by atoms with Crippen molar-refractivity contribution in [2.75, 3.05) is 11.1 Å². The van der Waals surface area contributed by atoms with E-state index in [2.05, 4.69) is 15.4 Å². The van der Waals surface area contributed by atoms with Gasteiger partial charge in [-0.2, -0.15) is 5.10 Å². The number of carbonyl (C=O) groups is 1. The predicted octanol–water partition coefficient (Wildman–Crippen LogP) is 2.11. The molecule has 0 saturated heterocycles. The van der Waals surface area contributed by atoms with Gasteiger partial charge in [0.25, 0.3) is 5.91 Å². The lowest BCUT2D eigenvalue weighted by molar-refractivity contribution is 0.102. The number of benzene rings is 1. The molecule has 0 aliphatic heterocycles. The number of hydrogen-bond donors (Lipinski definition) is 2. The highest BCUT2D eigenvalue weighted by atomic mass is 16.2. The van der Waals surface area contributed by atoms with E-state index < -0.39 is 0 Å². The van der Waals surface area contributed by atoms with E-state index in [-0.39, 0.29) is 11.6 Å². The summed E-state index contributed by atoms with van der Waals surface area (Å²) in [7, 11) is 1.77. The van der Waals surface area contributed by atoms with Crippen LogP contribution in [0, 0.1) is 6.92 Å². The molecule has 0 fully saturated rings. The Kier molecular flexibility index (Phi) is 3.06. The molecule has 21 heavy (non-hydrogen) atoms. The number of carbonyl (C=O) groups excluding carboxylic acids is 1. The summed E-state index contributed by atoms with van der Waals surface area (Å²) < 4.78 is 1.61. The van der Waals surface area contributed by atoms with Crippen LogP contribution in [-0.2, 0) is 7.05 Å². The van der Waals surface area contributed by atoms with Crippen LogP contribution in [0.4, 0.5) is 11.6 Å². The monoisotopic (exact) mass is 281 g/mol. The van der Waals surface area contributed by atoms with Crippen molar-refractivity contribution in [3.05, 3.63) is 47.8 Å². The van der Waals surface area contributed by atoms with Gasteiger partial charge in [0.2, 0.25) is 0 Å². The topological polar surface area (TPSA) is 85.8 Å². The molecule has 3 aromatic rings. The van der Waals surface area contributed by atoms with E-state index in [4.69, 9.17) is 5.73 Å². The van der Waals surface area contributed by atoms with Crippen molar-refractivity contribution in [1.29, 1.82) is 0 Å². The van der Waals surface area contributed by atoms with Crippen molar-refractivity contribution in [2.45, 2.75) is 6.92 Å². The van der Waals surface area contributed by atoms with E-state index in [1.807, 2.05) is 31.2 Å². The van der Waals surface area contributed by atoms with Gasteiger partial charge in [-0.3, -0.25) is 9.48 Å². The fourth-order valence-electron chi connectivity index (χ4n) is 2.25. The van der Waals surface area contributed by atoms with E-state index in [9.17, 15) is 4.79 Å². The van der Waals surface area contributed by atoms with Gasteiger partial charge >= 0.3 is 0 Å². The minimum Gasteiger partial charge on any atom is -0.383 e. The number of rotatable bonds is 2. The summed E-state index contributed by atoms with van der Waals surface area (Å²) in [6.07, 6.45) is 0. The maximum absolute atomic E-state index is 12.3. The summed E-state index contributed by atoms with van der Waals surface area (Å²) in [5, 5.41) is 8.69. The van der Waals surface area contributed by atoms with E-state index >= 15 is 0 Å². The Morgan fingerprint density at radius 1 is 1.29 bits per heavy atom. The Bertz CT molecular complexity index is 837. The molecule has 6 nitrogen and oxygen atoms in total. The molecular formula is C15H15N5O. The molecule has 3 rings (SSSR count). The van der Waals surface area contributed by atoms with Crippen LogP contribution in [0.2, 0.25) is 0 Å². The molecule has 1 aromatic carbocycles. The highest BCUT2D eigenvalue weighted by molar-refractivity contribution is 6.06. The number of pyridine rings is 1. The van der Waals surface area contributed by atoms with E-state index in [1.165, 1.54) is 0 Å². The summed E-state index contributed by atoms with van der Waals surface area (Å²) in [6, 6.07) is 11.1. The molecule has 0 spiro atoms. The van der Waals surface area contributed by atoms with Gasteiger partial charge < -0.3 is 11.1 Å². The fourth-order valence-corrected chi connectivity index (χ4v) is 2.25. The van der Waals surface area contributed by atoms with Gasteiger partial charge in [0.1, 0.15) is 17.3 Å². The van der Waals surface area contributed by atoms with Crippen LogP contribution >= 0.6 is 0 Å². The summed E-state index contributed by atoms with van der Waals surface area (Å²) >= 11 is 0. The number of aryl methyl sites for hydroxylation is 2. The molecule has 0 radical (unpaired) electrons. The Hall–Kier alpha value is -2.89. The van der Waals surface area contributed by atoms with Crippen LogP contribution in [0.15, 0.2) is 36.4 Å². The molecule has 0 saturated carbocycles. The lowest BCUT2D eigenvalue weighted by Gasteiger charge is -2.07. The highest BCUT2D eigenvalue weighted by Crippen LogP contribution is 2.20. The number of nitrogens with one attached hydrogen (secondary N) is 1. The summed E-state index contributed by atoms with van der Waals surface area (Å²) in [6.45, 7) is 1.86. The fraction of sp³-hybridized carbons (Fsp3) is 0.133. The number of fused-ring (bicyclic) bond motifs is 1. The largest absolute Gasteiger partial charge is 0.383 e. The van der Waals surface area contributed by atoms with E-state index in [0.717, 1.165) is 16.5 Å². The smallest absolute Gasteiger partial charge is 0.275 e. The second-order valence-electron chi connectivity index (χ2n) is 4.86.